The molecule has 8 heteroatoms. The number of aliphatic imine (C=N–C) groups is 2. The Bertz CT molecular complexity index is 920. The lowest BCUT2D eigenvalue weighted by Gasteiger charge is -2.26. The number of hydrogen-bond acceptors (Lipinski definition) is 8. The molecule has 0 spiro atoms. The Hall–Kier alpha value is -3.00. The van der Waals surface area contributed by atoms with Gasteiger partial charge in [0.05, 0.1) is 23.1 Å². The maximum absolute atomic E-state index is 6.16. The second-order valence-corrected chi connectivity index (χ2v) is 8.61. The van der Waals surface area contributed by atoms with E-state index in [1.165, 1.54) is 0 Å². The van der Waals surface area contributed by atoms with E-state index < -0.39 is 0 Å². The van der Waals surface area contributed by atoms with Gasteiger partial charge >= 0.3 is 0 Å². The normalized spacial score (nSPS) is 22.4. The number of rotatable bonds is 9. The molecule has 8 nitrogen and oxygen atoms in total. The second-order valence-electron chi connectivity index (χ2n) is 8.61. The number of ether oxygens (including phenoxy) is 1. The molecule has 2 rings (SSSR count). The monoisotopic (exact) mass is 467 g/mol. The van der Waals surface area contributed by atoms with Crippen molar-refractivity contribution in [2.45, 2.75) is 66.5 Å². The average Bonchev–Trinajstić information content (AvgIpc) is 2.81. The van der Waals surface area contributed by atoms with Gasteiger partial charge in [-0.25, -0.2) is 9.97 Å². The van der Waals surface area contributed by atoms with Gasteiger partial charge in [0.1, 0.15) is 23.7 Å². The van der Waals surface area contributed by atoms with E-state index in [0.29, 0.717) is 25.0 Å². The van der Waals surface area contributed by atoms with Crippen molar-refractivity contribution in [1.29, 1.82) is 0 Å². The Kier molecular flexibility index (Phi) is 11.5. The molecule has 1 aliphatic heterocycles. The van der Waals surface area contributed by atoms with Crippen molar-refractivity contribution in [2.75, 3.05) is 30.3 Å². The lowest BCUT2D eigenvalue weighted by Crippen LogP contribution is -2.23. The molecule has 34 heavy (non-hydrogen) atoms. The lowest BCUT2D eigenvalue weighted by molar-refractivity contribution is 0.0404. The third-order valence-electron chi connectivity index (χ3n) is 5.59. The van der Waals surface area contributed by atoms with Gasteiger partial charge in [-0.3, -0.25) is 9.98 Å². The summed E-state index contributed by atoms with van der Waals surface area (Å²) in [6.45, 7) is 18.3. The molecule has 1 aliphatic rings. The van der Waals surface area contributed by atoms with Crippen LogP contribution in [0, 0.1) is 5.92 Å². The quantitative estimate of drug-likeness (QED) is 0.260. The number of nitrogens with one attached hydrogen (secondary N) is 3. The summed E-state index contributed by atoms with van der Waals surface area (Å²) in [4.78, 5) is 17.7. The van der Waals surface area contributed by atoms with Crippen LogP contribution in [0.2, 0.25) is 0 Å². The summed E-state index contributed by atoms with van der Waals surface area (Å²) >= 11 is 0. The molecule has 3 unspecified atom stereocenters. The number of nitrogens with zero attached hydrogens (tertiary/aromatic N) is 4. The maximum atomic E-state index is 6.16. The first-order valence-electron chi connectivity index (χ1n) is 12.1. The maximum Gasteiger partial charge on any atom is 0.137 e. The zero-order valence-electron chi connectivity index (χ0n) is 21.6. The van der Waals surface area contributed by atoms with Gasteiger partial charge in [-0.2, -0.15) is 0 Å². The van der Waals surface area contributed by atoms with E-state index in [2.05, 4.69) is 69.3 Å². The number of allylic oxidation sites excluding steroid dienone is 1. The van der Waals surface area contributed by atoms with Gasteiger partial charge in [0.25, 0.3) is 0 Å². The molecular weight excluding hydrogens is 426 g/mol. The van der Waals surface area contributed by atoms with E-state index in [0.717, 1.165) is 53.7 Å². The fourth-order valence-electron chi connectivity index (χ4n) is 3.71. The van der Waals surface area contributed by atoms with Crippen LogP contribution in [0.4, 0.5) is 11.6 Å². The van der Waals surface area contributed by atoms with Crippen LogP contribution in [0.3, 0.4) is 0 Å². The minimum absolute atomic E-state index is 0.105. The fourth-order valence-corrected chi connectivity index (χ4v) is 3.71. The van der Waals surface area contributed by atoms with Crippen molar-refractivity contribution in [3.05, 3.63) is 47.7 Å². The molecule has 1 aromatic heterocycles. The van der Waals surface area contributed by atoms with Crippen molar-refractivity contribution < 1.29 is 4.74 Å². The van der Waals surface area contributed by atoms with Crippen molar-refractivity contribution in [3.63, 3.8) is 0 Å². The number of aromatic nitrogens is 2. The highest BCUT2D eigenvalue weighted by atomic mass is 16.5. The van der Waals surface area contributed by atoms with E-state index >= 15 is 0 Å². The lowest BCUT2D eigenvalue weighted by atomic mass is 10.0. The van der Waals surface area contributed by atoms with Crippen molar-refractivity contribution in [3.8, 4) is 0 Å². The molecule has 0 saturated carbocycles. The van der Waals surface area contributed by atoms with Gasteiger partial charge in [-0.1, -0.05) is 25.7 Å². The standard InChI is InChI=1S/C26H41N7O/c1-8-27-20(5)24(28-9-2)21(6)29-14-10-11-15-30-25-23-22(7)34-16-18(3)12-13-19(4)33-26(23)32-17-31-25/h8-11,17-19,22,29H,6,12-16H2,1-5,7H3,(H2,30,31,32,33)/b11-10+,24-20+,27-8?,28-9?. The Balaban J connectivity index is 2.00. The van der Waals surface area contributed by atoms with Crippen LogP contribution >= 0.6 is 0 Å². The largest absolute Gasteiger partial charge is 0.380 e. The summed E-state index contributed by atoms with van der Waals surface area (Å²) in [5, 5.41) is 10.3. The number of anilines is 2. The molecule has 186 valence electrons. The molecule has 0 radical (unpaired) electrons. The Labute approximate surface area is 204 Å². The van der Waals surface area contributed by atoms with Gasteiger partial charge in [0.15, 0.2) is 0 Å². The molecule has 3 atom stereocenters. The Morgan fingerprint density at radius 1 is 1.15 bits per heavy atom. The summed E-state index contributed by atoms with van der Waals surface area (Å²) in [7, 11) is 0. The molecule has 1 aromatic rings. The highest BCUT2D eigenvalue weighted by molar-refractivity contribution is 5.60. The van der Waals surface area contributed by atoms with Gasteiger partial charge in [0.2, 0.25) is 0 Å². The topological polar surface area (TPSA) is 95.8 Å². The molecule has 2 heterocycles. The number of hydrogen-bond donors (Lipinski definition) is 3. The highest BCUT2D eigenvalue weighted by Crippen LogP contribution is 2.32. The van der Waals surface area contributed by atoms with Crippen LogP contribution < -0.4 is 16.0 Å². The zero-order valence-corrected chi connectivity index (χ0v) is 21.6. The summed E-state index contributed by atoms with van der Waals surface area (Å²) in [6.07, 6.45) is 11.3. The van der Waals surface area contributed by atoms with Crippen molar-refractivity contribution in [1.82, 2.24) is 15.3 Å². The highest BCUT2D eigenvalue weighted by Gasteiger charge is 2.22. The van der Waals surface area contributed by atoms with E-state index in [9.17, 15) is 0 Å². The summed E-state index contributed by atoms with van der Waals surface area (Å²) < 4.78 is 6.16. The molecule has 0 aliphatic carbocycles. The number of fused-ring (bicyclic) bond motifs is 1. The smallest absolute Gasteiger partial charge is 0.137 e. The average molecular weight is 468 g/mol. The molecule has 0 bridgehead atoms. The SMILES string of the molecule is C=C(NC/C=C/CNc1ncnc2c1C(C)OCC(C)CCC(C)N2)/C(N=CC)=C(/C)N=CC. The Morgan fingerprint density at radius 3 is 2.62 bits per heavy atom. The van der Waals surface area contributed by atoms with Gasteiger partial charge in [-0.15, -0.1) is 0 Å². The third kappa shape index (κ3) is 8.41. The molecule has 0 fully saturated rings. The summed E-state index contributed by atoms with van der Waals surface area (Å²) in [5.74, 6) is 2.16. The fraction of sp³-hybridized carbons (Fsp3) is 0.538. The van der Waals surface area contributed by atoms with E-state index in [1.807, 2.05) is 26.8 Å². The molecule has 0 amide bonds. The molecule has 0 saturated heterocycles. The minimum atomic E-state index is -0.105. The van der Waals surface area contributed by atoms with Gasteiger partial charge in [-0.05, 0) is 53.4 Å². The van der Waals surface area contributed by atoms with Crippen LogP contribution in [0.25, 0.3) is 0 Å². The predicted octanol–water partition coefficient (Wildman–Crippen LogP) is 5.27. The second kappa shape index (κ2) is 14.3. The van der Waals surface area contributed by atoms with E-state index in [-0.39, 0.29) is 6.10 Å². The van der Waals surface area contributed by atoms with Crippen molar-refractivity contribution in [2.24, 2.45) is 15.9 Å². The van der Waals surface area contributed by atoms with Crippen LogP contribution in [0.5, 0.6) is 0 Å². The van der Waals surface area contributed by atoms with Gasteiger partial charge < -0.3 is 20.7 Å². The van der Waals surface area contributed by atoms with E-state index in [1.54, 1.807) is 18.8 Å². The summed E-state index contributed by atoms with van der Waals surface area (Å²) in [6, 6.07) is 0.343. The first-order chi connectivity index (χ1) is 16.4. The molecule has 0 aromatic carbocycles. The minimum Gasteiger partial charge on any atom is -0.380 e. The zero-order chi connectivity index (χ0) is 24.9. The summed E-state index contributed by atoms with van der Waals surface area (Å²) in [5.41, 5.74) is 3.29. The first-order valence-corrected chi connectivity index (χ1v) is 12.1. The van der Waals surface area contributed by atoms with Crippen molar-refractivity contribution >= 4 is 24.1 Å². The van der Waals surface area contributed by atoms with Gasteiger partial charge in [0, 0.05) is 38.2 Å². The Morgan fingerprint density at radius 2 is 1.88 bits per heavy atom. The van der Waals surface area contributed by atoms with Crippen LogP contribution in [0.1, 0.15) is 66.1 Å². The van der Waals surface area contributed by atoms with E-state index in [4.69, 9.17) is 4.74 Å². The molecule has 3 N–H and O–H groups in total. The molecular formula is C26H41N7O. The first kappa shape index (κ1) is 27.2. The third-order valence-corrected chi connectivity index (χ3v) is 5.59. The van der Waals surface area contributed by atoms with Crippen LogP contribution in [-0.4, -0.2) is 48.1 Å². The van der Waals surface area contributed by atoms with Crippen LogP contribution in [0.15, 0.2) is 52.1 Å². The van der Waals surface area contributed by atoms with Crippen LogP contribution in [-0.2, 0) is 4.74 Å². The predicted molar refractivity (Wildman–Crippen MR) is 144 cm³/mol.